The number of rotatable bonds is 6. The molecule has 2 aliphatic carbocycles. The van der Waals surface area contributed by atoms with Crippen LogP contribution in [0.2, 0.25) is 0 Å². The van der Waals surface area contributed by atoms with Crippen LogP contribution in [-0.4, -0.2) is 39.2 Å². The van der Waals surface area contributed by atoms with Crippen molar-refractivity contribution in [2.45, 2.75) is 96.5 Å². The Morgan fingerprint density at radius 2 is 1.71 bits per heavy atom. The standard InChI is InChI=1S/C23H31NO.C5H11N.CH5N3/c1-3-8-18(9-4-1)22-14-15-24-17-23(22)19-10-7-13-21(16-19)25-20-11-5-2-6-12-20;1-3-4-5-6-2;1-3-4-2/h7,10,13,16-18,20H,1-6,8-9,11-12,14-15H2;5H,3-4H2,1-2H3;1H3,(H2,2,3). The van der Waals surface area contributed by atoms with Crippen molar-refractivity contribution < 1.29 is 4.74 Å². The lowest BCUT2D eigenvalue weighted by Gasteiger charge is -2.28. The van der Waals surface area contributed by atoms with E-state index in [0.717, 1.165) is 31.1 Å². The summed E-state index contributed by atoms with van der Waals surface area (Å²) in [4.78, 5) is 8.40. The van der Waals surface area contributed by atoms with Crippen molar-refractivity contribution in [2.24, 2.45) is 32.1 Å². The zero-order chi connectivity index (χ0) is 25.1. The molecule has 1 heterocycles. The van der Waals surface area contributed by atoms with E-state index in [2.05, 4.69) is 63.6 Å². The van der Waals surface area contributed by atoms with Gasteiger partial charge in [0.05, 0.1) is 13.2 Å². The summed E-state index contributed by atoms with van der Waals surface area (Å²) >= 11 is 0. The minimum atomic E-state index is 0.413. The smallest absolute Gasteiger partial charge is 0.120 e. The van der Waals surface area contributed by atoms with Gasteiger partial charge in [-0.25, -0.2) is 0 Å². The largest absolute Gasteiger partial charge is 0.490 e. The molecule has 0 spiro atoms. The molecule has 194 valence electrons. The van der Waals surface area contributed by atoms with Gasteiger partial charge in [-0.05, 0) is 86.8 Å². The Kier molecular flexibility index (Phi) is 14.7. The number of hydrogen-bond acceptors (Lipinski definition) is 5. The number of hydrogen-bond donors (Lipinski definition) is 1. The molecular weight excluding hydrogens is 434 g/mol. The highest BCUT2D eigenvalue weighted by atomic mass is 16.5. The fraction of sp³-hybridized carbons (Fsp3) is 0.655. The van der Waals surface area contributed by atoms with Gasteiger partial charge in [-0.2, -0.15) is 5.11 Å². The molecule has 6 heteroatoms. The van der Waals surface area contributed by atoms with Crippen molar-refractivity contribution in [3.05, 3.63) is 35.4 Å². The second-order valence-electron chi connectivity index (χ2n) is 9.51. The monoisotopic (exact) mass is 481 g/mol. The summed E-state index contributed by atoms with van der Waals surface area (Å²) in [5, 5.41) is 6.00. The summed E-state index contributed by atoms with van der Waals surface area (Å²) in [5.41, 5.74) is 4.34. The van der Waals surface area contributed by atoms with Crippen molar-refractivity contribution >= 4 is 18.0 Å². The van der Waals surface area contributed by atoms with Gasteiger partial charge in [0.2, 0.25) is 0 Å². The van der Waals surface area contributed by atoms with Gasteiger partial charge < -0.3 is 15.6 Å². The van der Waals surface area contributed by atoms with E-state index < -0.39 is 0 Å². The minimum Gasteiger partial charge on any atom is -0.490 e. The van der Waals surface area contributed by atoms with Gasteiger partial charge in [0.15, 0.2) is 0 Å². The molecule has 1 aliphatic heterocycles. The Balaban J connectivity index is 0.000000368. The third kappa shape index (κ3) is 10.7. The Morgan fingerprint density at radius 3 is 2.31 bits per heavy atom. The molecule has 2 N–H and O–H groups in total. The first-order valence-corrected chi connectivity index (χ1v) is 13.6. The van der Waals surface area contributed by atoms with E-state index in [1.54, 1.807) is 12.6 Å². The maximum Gasteiger partial charge on any atom is 0.120 e. The van der Waals surface area contributed by atoms with E-state index in [9.17, 15) is 0 Å². The first kappa shape index (κ1) is 28.7. The summed E-state index contributed by atoms with van der Waals surface area (Å²) in [6, 6.07) is 8.77. The lowest BCUT2D eigenvalue weighted by molar-refractivity contribution is 0.155. The summed E-state index contributed by atoms with van der Waals surface area (Å²) in [6.45, 7) is 3.11. The average Bonchev–Trinajstić information content (AvgIpc) is 2.93. The van der Waals surface area contributed by atoms with E-state index in [0.29, 0.717) is 6.10 Å². The van der Waals surface area contributed by atoms with Gasteiger partial charge in [0.1, 0.15) is 5.75 Å². The molecule has 35 heavy (non-hydrogen) atoms. The van der Waals surface area contributed by atoms with E-state index >= 15 is 0 Å². The maximum atomic E-state index is 6.30. The second-order valence-corrected chi connectivity index (χ2v) is 9.51. The van der Waals surface area contributed by atoms with Gasteiger partial charge in [-0.1, -0.05) is 62.0 Å². The first-order chi connectivity index (χ1) is 17.2. The zero-order valence-corrected chi connectivity index (χ0v) is 22.3. The molecule has 0 bridgehead atoms. The van der Waals surface area contributed by atoms with Crippen molar-refractivity contribution in [3.8, 4) is 5.75 Å². The predicted octanol–water partition coefficient (Wildman–Crippen LogP) is 7.64. The number of benzene rings is 1. The van der Waals surface area contributed by atoms with Gasteiger partial charge in [0.25, 0.3) is 0 Å². The van der Waals surface area contributed by atoms with Crippen LogP contribution in [0.5, 0.6) is 5.75 Å². The number of nitrogens with two attached hydrogens (primary N) is 1. The topological polar surface area (TPSA) is 84.7 Å². The molecule has 6 nitrogen and oxygen atoms in total. The summed E-state index contributed by atoms with van der Waals surface area (Å²) in [5.74, 6) is 6.30. The highest BCUT2D eigenvalue weighted by Crippen LogP contribution is 2.37. The summed E-state index contributed by atoms with van der Waals surface area (Å²) < 4.78 is 6.30. The molecule has 2 saturated carbocycles. The highest BCUT2D eigenvalue weighted by molar-refractivity contribution is 6.11. The van der Waals surface area contributed by atoms with Crippen LogP contribution in [0, 0.1) is 5.92 Å². The number of dihydropyridines is 1. The SMILES string of the molecule is C1=NCCC(C2CCCCC2)=C1c1cccc(OC2CCCCC2)c1.CCCC=NC.CN=NN. The Hall–Kier alpha value is -2.50. The molecule has 4 rings (SSSR count). The van der Waals surface area contributed by atoms with Gasteiger partial charge >= 0.3 is 0 Å². The number of nitrogens with zero attached hydrogens (tertiary/aromatic N) is 4. The third-order valence-corrected chi connectivity index (χ3v) is 6.89. The normalized spacial score (nSPS) is 19.3. The fourth-order valence-corrected chi connectivity index (χ4v) is 5.06. The van der Waals surface area contributed by atoms with Crippen LogP contribution in [0.1, 0.15) is 96.0 Å². The van der Waals surface area contributed by atoms with Crippen LogP contribution in [0.4, 0.5) is 0 Å². The highest BCUT2D eigenvalue weighted by Gasteiger charge is 2.23. The van der Waals surface area contributed by atoms with Crippen LogP contribution >= 0.6 is 0 Å². The van der Waals surface area contributed by atoms with Crippen molar-refractivity contribution in [1.29, 1.82) is 0 Å². The Bertz CT molecular complexity index is 814. The predicted molar refractivity (Wildman–Crippen MR) is 150 cm³/mol. The van der Waals surface area contributed by atoms with Crippen molar-refractivity contribution in [3.63, 3.8) is 0 Å². The number of allylic oxidation sites excluding steroid dienone is 1. The lowest BCUT2D eigenvalue weighted by atomic mass is 9.79. The second kappa shape index (κ2) is 17.9. The van der Waals surface area contributed by atoms with Crippen LogP contribution in [-0.2, 0) is 0 Å². The molecule has 0 amide bonds. The number of ether oxygens (including phenoxy) is 1. The number of aliphatic imine (C=N–C) groups is 2. The molecule has 0 unspecified atom stereocenters. The Labute approximate surface area is 213 Å². The molecule has 0 atom stereocenters. The van der Waals surface area contributed by atoms with E-state index in [-0.39, 0.29) is 0 Å². The van der Waals surface area contributed by atoms with E-state index in [4.69, 9.17) is 4.74 Å². The van der Waals surface area contributed by atoms with Gasteiger partial charge in [-0.15, -0.1) is 0 Å². The molecule has 0 saturated heterocycles. The van der Waals surface area contributed by atoms with Crippen molar-refractivity contribution in [2.75, 3.05) is 20.6 Å². The molecule has 0 aromatic heterocycles. The van der Waals surface area contributed by atoms with E-state index in [1.807, 2.05) is 6.21 Å². The molecule has 3 aliphatic rings. The van der Waals surface area contributed by atoms with Gasteiger partial charge in [0, 0.05) is 19.8 Å². The first-order valence-electron chi connectivity index (χ1n) is 13.6. The number of unbranched alkanes of at least 4 members (excludes halogenated alkanes) is 1. The zero-order valence-electron chi connectivity index (χ0n) is 22.3. The molecule has 1 aromatic rings. The minimum absolute atomic E-state index is 0.413. The quantitative estimate of drug-likeness (QED) is 0.196. The Morgan fingerprint density at radius 1 is 1.03 bits per heavy atom. The van der Waals surface area contributed by atoms with Crippen LogP contribution < -0.4 is 10.6 Å². The van der Waals surface area contributed by atoms with Crippen LogP contribution in [0.25, 0.3) is 5.57 Å². The maximum absolute atomic E-state index is 6.30. The van der Waals surface area contributed by atoms with Crippen LogP contribution in [0.3, 0.4) is 0 Å². The molecule has 1 aromatic carbocycles. The van der Waals surface area contributed by atoms with E-state index in [1.165, 1.54) is 88.8 Å². The summed E-state index contributed by atoms with van der Waals surface area (Å²) in [6.07, 6.45) is 21.3. The molecular formula is C29H47N5O. The fourth-order valence-electron chi connectivity index (χ4n) is 5.06. The summed E-state index contributed by atoms with van der Waals surface area (Å²) in [7, 11) is 3.32. The van der Waals surface area contributed by atoms with Crippen LogP contribution in [0.15, 0.2) is 50.2 Å². The van der Waals surface area contributed by atoms with Crippen molar-refractivity contribution in [1.82, 2.24) is 0 Å². The van der Waals surface area contributed by atoms with Gasteiger partial charge in [-0.3, -0.25) is 4.99 Å². The lowest BCUT2D eigenvalue weighted by Crippen LogP contribution is -2.19. The molecule has 0 radical (unpaired) electrons. The third-order valence-electron chi connectivity index (χ3n) is 6.89. The molecule has 2 fully saturated rings. The average molecular weight is 482 g/mol.